The average Bonchev–Trinajstić information content (AvgIpc) is 3.06. The van der Waals surface area contributed by atoms with Crippen LogP contribution in [0.3, 0.4) is 0 Å². The fourth-order valence-electron chi connectivity index (χ4n) is 2.68. The molecule has 2 aromatic rings. The Morgan fingerprint density at radius 1 is 1.29 bits per heavy atom. The van der Waals surface area contributed by atoms with Crippen molar-refractivity contribution in [1.29, 1.82) is 0 Å². The van der Waals surface area contributed by atoms with Crippen LogP contribution in [0.4, 0.5) is 14.9 Å². The van der Waals surface area contributed by atoms with Crippen LogP contribution in [0.5, 0.6) is 11.5 Å². The van der Waals surface area contributed by atoms with Crippen molar-refractivity contribution >= 4 is 11.7 Å². The summed E-state index contributed by atoms with van der Waals surface area (Å²) in [5.74, 6) is 0.545. The molecule has 0 saturated carbocycles. The van der Waals surface area contributed by atoms with Gasteiger partial charge in [-0.3, -0.25) is 0 Å². The van der Waals surface area contributed by atoms with Gasteiger partial charge >= 0.3 is 6.03 Å². The molecule has 2 aromatic carbocycles. The van der Waals surface area contributed by atoms with Gasteiger partial charge in [0.25, 0.3) is 0 Å². The van der Waals surface area contributed by atoms with Gasteiger partial charge < -0.3 is 20.1 Å². The molecule has 1 aliphatic heterocycles. The third-order valence-corrected chi connectivity index (χ3v) is 3.98. The normalized spacial score (nSPS) is 16.9. The number of para-hydroxylation sites is 2. The Hall–Kier alpha value is -2.60. The maximum Gasteiger partial charge on any atom is 0.321 e. The number of aliphatic hydroxyl groups is 1. The molecule has 126 valence electrons. The van der Waals surface area contributed by atoms with Gasteiger partial charge in [0.15, 0.2) is 5.75 Å². The number of aliphatic hydroxyl groups excluding tert-OH is 1. The van der Waals surface area contributed by atoms with Gasteiger partial charge in [0.05, 0.1) is 5.69 Å². The van der Waals surface area contributed by atoms with E-state index in [9.17, 15) is 14.3 Å². The third kappa shape index (κ3) is 3.83. The molecule has 0 aromatic heterocycles. The predicted octanol–water partition coefficient (Wildman–Crippen LogP) is 3.46. The summed E-state index contributed by atoms with van der Waals surface area (Å²) in [5.41, 5.74) is 0.513. The largest absolute Gasteiger partial charge is 0.455 e. The van der Waals surface area contributed by atoms with Crippen LogP contribution in [0.15, 0.2) is 48.5 Å². The molecule has 6 heteroatoms. The average molecular weight is 330 g/mol. The lowest BCUT2D eigenvalue weighted by Crippen LogP contribution is -2.33. The minimum absolute atomic E-state index is 0.0864. The molecule has 1 saturated heterocycles. The van der Waals surface area contributed by atoms with E-state index in [4.69, 9.17) is 4.74 Å². The number of hydrogen-bond donors (Lipinski definition) is 2. The number of amides is 2. The van der Waals surface area contributed by atoms with Crippen LogP contribution in [-0.4, -0.2) is 35.7 Å². The van der Waals surface area contributed by atoms with Gasteiger partial charge in [-0.05, 0) is 30.7 Å². The quantitative estimate of drug-likeness (QED) is 0.902. The topological polar surface area (TPSA) is 61.8 Å². The molecule has 1 heterocycles. The van der Waals surface area contributed by atoms with Crippen molar-refractivity contribution in [2.45, 2.75) is 6.42 Å². The van der Waals surface area contributed by atoms with Crippen LogP contribution < -0.4 is 10.1 Å². The number of urea groups is 1. The first-order valence-electron chi connectivity index (χ1n) is 7.85. The summed E-state index contributed by atoms with van der Waals surface area (Å²) in [6.45, 7) is 1.24. The minimum Gasteiger partial charge on any atom is -0.455 e. The van der Waals surface area contributed by atoms with Crippen molar-refractivity contribution in [3.63, 3.8) is 0 Å². The minimum atomic E-state index is -0.388. The van der Waals surface area contributed by atoms with E-state index in [1.807, 2.05) is 0 Å². The maximum absolute atomic E-state index is 13.3. The fraction of sp³-hybridized carbons (Fsp3) is 0.278. The number of carbonyl (C=O) groups is 1. The van der Waals surface area contributed by atoms with E-state index in [0.29, 0.717) is 30.3 Å². The van der Waals surface area contributed by atoms with Crippen molar-refractivity contribution in [3.05, 3.63) is 54.3 Å². The van der Waals surface area contributed by atoms with Crippen molar-refractivity contribution in [2.75, 3.05) is 25.0 Å². The number of anilines is 1. The number of nitrogens with one attached hydrogen (secondary N) is 1. The summed E-state index contributed by atoms with van der Waals surface area (Å²) < 4.78 is 19.0. The van der Waals surface area contributed by atoms with Crippen molar-refractivity contribution in [1.82, 2.24) is 4.90 Å². The number of rotatable bonds is 4. The van der Waals surface area contributed by atoms with E-state index in [-0.39, 0.29) is 24.4 Å². The Morgan fingerprint density at radius 3 is 2.88 bits per heavy atom. The lowest BCUT2D eigenvalue weighted by molar-refractivity contribution is 0.208. The van der Waals surface area contributed by atoms with Gasteiger partial charge in [-0.2, -0.15) is 0 Å². The number of ether oxygens (including phenoxy) is 1. The zero-order valence-electron chi connectivity index (χ0n) is 13.1. The molecular weight excluding hydrogens is 311 g/mol. The molecule has 0 radical (unpaired) electrons. The molecule has 5 nitrogen and oxygen atoms in total. The van der Waals surface area contributed by atoms with Gasteiger partial charge in [0, 0.05) is 31.7 Å². The molecule has 1 atom stereocenters. The second-order valence-corrected chi connectivity index (χ2v) is 5.77. The van der Waals surface area contributed by atoms with E-state index in [2.05, 4.69) is 5.32 Å². The predicted molar refractivity (Wildman–Crippen MR) is 88.7 cm³/mol. The Bertz CT molecular complexity index is 723. The van der Waals surface area contributed by atoms with Crippen LogP contribution >= 0.6 is 0 Å². The molecule has 0 aliphatic carbocycles. The lowest BCUT2D eigenvalue weighted by Gasteiger charge is -2.18. The first-order chi connectivity index (χ1) is 11.7. The van der Waals surface area contributed by atoms with Crippen molar-refractivity contribution in [2.24, 2.45) is 5.92 Å². The summed E-state index contributed by atoms with van der Waals surface area (Å²) in [7, 11) is 0. The van der Waals surface area contributed by atoms with Crippen LogP contribution in [-0.2, 0) is 0 Å². The number of hydrogen-bond acceptors (Lipinski definition) is 3. The van der Waals surface area contributed by atoms with E-state index < -0.39 is 0 Å². The number of nitrogens with zero attached hydrogens (tertiary/aromatic N) is 1. The maximum atomic E-state index is 13.3. The highest BCUT2D eigenvalue weighted by Gasteiger charge is 2.26. The first kappa shape index (κ1) is 16.3. The van der Waals surface area contributed by atoms with Gasteiger partial charge in [0.2, 0.25) is 0 Å². The smallest absolute Gasteiger partial charge is 0.321 e. The monoisotopic (exact) mass is 330 g/mol. The summed E-state index contributed by atoms with van der Waals surface area (Å²) >= 11 is 0. The van der Waals surface area contributed by atoms with Crippen molar-refractivity contribution in [3.8, 4) is 11.5 Å². The van der Waals surface area contributed by atoms with E-state index >= 15 is 0 Å². The van der Waals surface area contributed by atoms with E-state index in [1.54, 1.807) is 41.3 Å². The van der Waals surface area contributed by atoms with Gasteiger partial charge in [-0.15, -0.1) is 0 Å². The molecule has 3 rings (SSSR count). The molecule has 2 N–H and O–H groups in total. The number of benzene rings is 2. The second kappa shape index (κ2) is 7.31. The summed E-state index contributed by atoms with van der Waals surface area (Å²) in [5, 5.41) is 12.0. The van der Waals surface area contributed by atoms with Gasteiger partial charge in [0.1, 0.15) is 11.6 Å². The summed E-state index contributed by atoms with van der Waals surface area (Å²) in [6, 6.07) is 12.6. The van der Waals surface area contributed by atoms with Crippen LogP contribution in [0.25, 0.3) is 0 Å². The second-order valence-electron chi connectivity index (χ2n) is 5.77. The molecule has 0 bridgehead atoms. The Labute approximate surface area is 139 Å². The number of likely N-dealkylation sites (tertiary alicyclic amines) is 1. The molecular formula is C18H19FN2O3. The van der Waals surface area contributed by atoms with Gasteiger partial charge in [-0.1, -0.05) is 18.2 Å². The summed E-state index contributed by atoms with van der Waals surface area (Å²) in [6.07, 6.45) is 0.797. The molecule has 2 amide bonds. The highest BCUT2D eigenvalue weighted by Crippen LogP contribution is 2.30. The zero-order chi connectivity index (χ0) is 16.9. The third-order valence-electron chi connectivity index (χ3n) is 3.98. The van der Waals surface area contributed by atoms with E-state index in [0.717, 1.165) is 6.42 Å². The van der Waals surface area contributed by atoms with Crippen LogP contribution in [0.1, 0.15) is 6.42 Å². The zero-order valence-corrected chi connectivity index (χ0v) is 13.1. The van der Waals surface area contributed by atoms with Crippen LogP contribution in [0, 0.1) is 11.7 Å². The van der Waals surface area contributed by atoms with E-state index in [1.165, 1.54) is 12.1 Å². The molecule has 1 fully saturated rings. The number of carbonyl (C=O) groups excluding carboxylic acids is 1. The van der Waals surface area contributed by atoms with Crippen LogP contribution in [0.2, 0.25) is 0 Å². The number of halogens is 1. The Balaban J connectivity index is 1.71. The highest BCUT2D eigenvalue weighted by molar-refractivity contribution is 5.91. The Morgan fingerprint density at radius 2 is 2.12 bits per heavy atom. The van der Waals surface area contributed by atoms with Crippen molar-refractivity contribution < 1.29 is 19.0 Å². The Kier molecular flexibility index (Phi) is 4.96. The fourth-order valence-corrected chi connectivity index (χ4v) is 2.68. The van der Waals surface area contributed by atoms with Gasteiger partial charge in [-0.25, -0.2) is 9.18 Å². The highest BCUT2D eigenvalue weighted by atomic mass is 19.1. The molecule has 1 aliphatic rings. The lowest BCUT2D eigenvalue weighted by atomic mass is 10.1. The standard InChI is InChI=1S/C18H19FN2O3/c19-14-4-3-5-15(10-14)24-17-7-2-1-6-16(17)20-18(23)21-9-8-13(11-21)12-22/h1-7,10,13,22H,8-9,11-12H2,(H,20,23). The molecule has 1 unspecified atom stereocenters. The summed E-state index contributed by atoms with van der Waals surface area (Å²) in [4.78, 5) is 14.0. The SMILES string of the molecule is O=C(Nc1ccccc1Oc1cccc(F)c1)N1CCC(CO)C1. The first-order valence-corrected chi connectivity index (χ1v) is 7.85. The molecule has 24 heavy (non-hydrogen) atoms. The molecule has 0 spiro atoms.